The van der Waals surface area contributed by atoms with Crippen LogP contribution in [0.3, 0.4) is 0 Å². The van der Waals surface area contributed by atoms with Gasteiger partial charge in [-0.2, -0.15) is 13.2 Å². The highest BCUT2D eigenvalue weighted by Crippen LogP contribution is 2.33. The number of nitrogens with two attached hydrogens (primary N) is 1. The first-order chi connectivity index (χ1) is 14.0. The number of carbonyl (C=O) groups is 1. The first kappa shape index (κ1) is 21.5. The standard InChI is InChI=1S/C19H17F3N4O3S/c1-12-15(3-2-9-24-12)18-25-16(19(20,21)22)11-26(18)13-4-6-14(7-5-13)30(28,29)10-8-17(23)27/h2-7,9,11H,8,10H2,1H3,(H2,23,27). The summed E-state index contributed by atoms with van der Waals surface area (Å²) >= 11 is 0. The number of halogens is 3. The predicted molar refractivity (Wildman–Crippen MR) is 102 cm³/mol. The highest BCUT2D eigenvalue weighted by atomic mass is 32.2. The number of sulfone groups is 1. The van der Waals surface area contributed by atoms with E-state index in [0.717, 1.165) is 6.20 Å². The number of hydrogen-bond acceptors (Lipinski definition) is 5. The van der Waals surface area contributed by atoms with Crippen LogP contribution in [0.1, 0.15) is 17.8 Å². The molecule has 3 rings (SSSR count). The fourth-order valence-corrected chi connectivity index (χ4v) is 4.05. The molecule has 0 saturated carbocycles. The average molecular weight is 438 g/mol. The van der Waals surface area contributed by atoms with Crippen molar-refractivity contribution >= 4 is 15.7 Å². The smallest absolute Gasteiger partial charge is 0.370 e. The van der Waals surface area contributed by atoms with Gasteiger partial charge in [-0.25, -0.2) is 13.4 Å². The summed E-state index contributed by atoms with van der Waals surface area (Å²) in [7, 11) is -3.76. The van der Waals surface area contributed by atoms with Crippen LogP contribution in [0.2, 0.25) is 0 Å². The van der Waals surface area contributed by atoms with E-state index in [2.05, 4.69) is 9.97 Å². The van der Waals surface area contributed by atoms with Gasteiger partial charge in [-0.05, 0) is 43.3 Å². The average Bonchev–Trinajstić information content (AvgIpc) is 3.13. The van der Waals surface area contributed by atoms with Gasteiger partial charge in [0.2, 0.25) is 5.91 Å². The molecule has 158 valence electrons. The molecule has 3 aromatic rings. The molecule has 0 saturated heterocycles. The van der Waals surface area contributed by atoms with Crippen molar-refractivity contribution in [1.29, 1.82) is 0 Å². The summed E-state index contributed by atoms with van der Waals surface area (Å²) in [5.41, 5.74) is 5.08. The van der Waals surface area contributed by atoms with Crippen LogP contribution in [-0.2, 0) is 20.8 Å². The fraction of sp³-hybridized carbons (Fsp3) is 0.211. The van der Waals surface area contributed by atoms with Gasteiger partial charge in [0, 0.05) is 35.8 Å². The number of nitrogens with zero attached hydrogens (tertiary/aromatic N) is 3. The predicted octanol–water partition coefficient (Wildman–Crippen LogP) is 2.91. The first-order valence-corrected chi connectivity index (χ1v) is 10.3. The lowest BCUT2D eigenvalue weighted by Crippen LogP contribution is -2.17. The molecule has 0 radical (unpaired) electrons. The van der Waals surface area contributed by atoms with E-state index in [1.165, 1.54) is 35.0 Å². The minimum Gasteiger partial charge on any atom is -0.370 e. The molecule has 0 aliphatic heterocycles. The maximum Gasteiger partial charge on any atom is 0.434 e. The number of hydrogen-bond donors (Lipinski definition) is 1. The van der Waals surface area contributed by atoms with Gasteiger partial charge in [-0.15, -0.1) is 0 Å². The molecule has 2 N–H and O–H groups in total. The number of carbonyl (C=O) groups excluding carboxylic acids is 1. The van der Waals surface area contributed by atoms with Crippen LogP contribution in [0.25, 0.3) is 17.1 Å². The second-order valence-electron chi connectivity index (χ2n) is 6.48. The van der Waals surface area contributed by atoms with Gasteiger partial charge in [-0.3, -0.25) is 14.3 Å². The summed E-state index contributed by atoms with van der Waals surface area (Å²) in [6.07, 6.45) is -2.62. The summed E-state index contributed by atoms with van der Waals surface area (Å²) < 4.78 is 65.6. The first-order valence-electron chi connectivity index (χ1n) is 8.69. The Morgan fingerprint density at radius 1 is 1.17 bits per heavy atom. The summed E-state index contributed by atoms with van der Waals surface area (Å²) in [6.45, 7) is 1.65. The van der Waals surface area contributed by atoms with Crippen LogP contribution in [0.5, 0.6) is 0 Å². The number of pyridine rings is 1. The maximum atomic E-state index is 13.3. The molecule has 0 unspecified atom stereocenters. The van der Waals surface area contributed by atoms with Crippen molar-refractivity contribution in [3.05, 3.63) is 60.2 Å². The number of benzene rings is 1. The fourth-order valence-electron chi connectivity index (χ4n) is 2.79. The van der Waals surface area contributed by atoms with Crippen LogP contribution in [-0.4, -0.2) is 34.6 Å². The van der Waals surface area contributed by atoms with E-state index in [-0.39, 0.29) is 22.8 Å². The van der Waals surface area contributed by atoms with E-state index < -0.39 is 33.4 Å². The topological polar surface area (TPSA) is 108 Å². The Hall–Kier alpha value is -3.21. The Bertz CT molecular complexity index is 1190. The zero-order chi connectivity index (χ0) is 22.1. The highest BCUT2D eigenvalue weighted by molar-refractivity contribution is 7.91. The van der Waals surface area contributed by atoms with E-state index in [1.54, 1.807) is 19.1 Å². The lowest BCUT2D eigenvalue weighted by Gasteiger charge is -2.10. The van der Waals surface area contributed by atoms with E-state index in [1.807, 2.05) is 0 Å². The Balaban J connectivity index is 2.06. The Morgan fingerprint density at radius 2 is 1.83 bits per heavy atom. The maximum absolute atomic E-state index is 13.3. The van der Waals surface area contributed by atoms with Gasteiger partial charge in [0.05, 0.1) is 10.6 Å². The molecule has 0 bridgehead atoms. The van der Waals surface area contributed by atoms with E-state index in [9.17, 15) is 26.4 Å². The van der Waals surface area contributed by atoms with Gasteiger partial charge in [0.25, 0.3) is 0 Å². The van der Waals surface area contributed by atoms with Crippen molar-refractivity contribution < 1.29 is 26.4 Å². The zero-order valence-electron chi connectivity index (χ0n) is 15.7. The van der Waals surface area contributed by atoms with E-state index >= 15 is 0 Å². The number of rotatable bonds is 6. The van der Waals surface area contributed by atoms with Crippen molar-refractivity contribution in [3.8, 4) is 17.1 Å². The number of primary amides is 1. The van der Waals surface area contributed by atoms with Crippen LogP contribution in [0.4, 0.5) is 13.2 Å². The molecule has 30 heavy (non-hydrogen) atoms. The molecule has 1 aromatic carbocycles. The summed E-state index contributed by atoms with van der Waals surface area (Å²) in [5, 5.41) is 0. The van der Waals surface area contributed by atoms with Crippen LogP contribution in [0, 0.1) is 6.92 Å². The Labute approximate surface area is 170 Å². The Morgan fingerprint density at radius 3 is 2.40 bits per heavy atom. The summed E-state index contributed by atoms with van der Waals surface area (Å²) in [4.78, 5) is 18.6. The molecule has 1 amide bonds. The third-order valence-electron chi connectivity index (χ3n) is 4.34. The zero-order valence-corrected chi connectivity index (χ0v) is 16.5. The van der Waals surface area contributed by atoms with Crippen molar-refractivity contribution in [1.82, 2.24) is 14.5 Å². The van der Waals surface area contributed by atoms with E-state index in [4.69, 9.17) is 5.73 Å². The third kappa shape index (κ3) is 4.51. The molecule has 2 aromatic heterocycles. The van der Waals surface area contributed by atoms with Gasteiger partial charge in [-0.1, -0.05) is 0 Å². The van der Waals surface area contributed by atoms with Crippen molar-refractivity contribution in [2.24, 2.45) is 5.73 Å². The van der Waals surface area contributed by atoms with Gasteiger partial charge >= 0.3 is 6.18 Å². The van der Waals surface area contributed by atoms with Gasteiger partial charge in [0.1, 0.15) is 5.82 Å². The Kier molecular flexibility index (Phi) is 5.66. The molecule has 11 heteroatoms. The second kappa shape index (κ2) is 7.90. The summed E-state index contributed by atoms with van der Waals surface area (Å²) in [5.74, 6) is -1.17. The number of aryl methyl sites for hydroxylation is 1. The van der Waals surface area contributed by atoms with Crippen molar-refractivity contribution in [2.45, 2.75) is 24.4 Å². The minimum absolute atomic E-state index is 0.0252. The SMILES string of the molecule is Cc1ncccc1-c1nc(C(F)(F)F)cn1-c1ccc(S(=O)(=O)CCC(N)=O)cc1. The number of amides is 1. The molecule has 0 fully saturated rings. The number of imidazole rings is 1. The largest absolute Gasteiger partial charge is 0.434 e. The highest BCUT2D eigenvalue weighted by Gasteiger charge is 2.35. The number of alkyl halides is 3. The van der Waals surface area contributed by atoms with Crippen LogP contribution in [0.15, 0.2) is 53.7 Å². The lowest BCUT2D eigenvalue weighted by molar-refractivity contribution is -0.140. The third-order valence-corrected chi connectivity index (χ3v) is 6.07. The molecule has 0 spiro atoms. The van der Waals surface area contributed by atoms with Gasteiger partial charge < -0.3 is 5.73 Å². The number of aromatic nitrogens is 3. The lowest BCUT2D eigenvalue weighted by atomic mass is 10.2. The molecule has 7 nitrogen and oxygen atoms in total. The molecular formula is C19H17F3N4O3S. The quantitative estimate of drug-likeness (QED) is 0.637. The van der Waals surface area contributed by atoms with Crippen LogP contribution >= 0.6 is 0 Å². The molecule has 2 heterocycles. The minimum atomic E-state index is -4.66. The molecular weight excluding hydrogens is 421 g/mol. The monoisotopic (exact) mass is 438 g/mol. The van der Waals surface area contributed by atoms with Crippen LogP contribution < -0.4 is 5.73 Å². The van der Waals surface area contributed by atoms with Crippen molar-refractivity contribution in [2.75, 3.05) is 5.75 Å². The van der Waals surface area contributed by atoms with E-state index in [0.29, 0.717) is 11.3 Å². The second-order valence-corrected chi connectivity index (χ2v) is 8.59. The molecule has 0 atom stereocenters. The van der Waals surface area contributed by atoms with Crippen molar-refractivity contribution in [3.63, 3.8) is 0 Å². The molecule has 0 aliphatic carbocycles. The summed E-state index contributed by atoms with van der Waals surface area (Å²) in [6, 6.07) is 8.45. The van der Waals surface area contributed by atoms with Gasteiger partial charge in [0.15, 0.2) is 15.5 Å². The molecule has 0 aliphatic rings. The normalized spacial score (nSPS) is 12.1.